The van der Waals surface area contributed by atoms with Crippen LogP contribution in [0.3, 0.4) is 0 Å². The Morgan fingerprint density at radius 3 is 2.47 bits per heavy atom. The van der Waals surface area contributed by atoms with Crippen LogP contribution >= 0.6 is 0 Å². The molecule has 0 aromatic carbocycles. The molecule has 0 bridgehead atoms. The molecule has 0 radical (unpaired) electrons. The summed E-state index contributed by atoms with van der Waals surface area (Å²) >= 11 is 0. The number of hydrogen-bond donors (Lipinski definition) is 3. The zero-order valence-corrected chi connectivity index (χ0v) is 12.5. The van der Waals surface area contributed by atoms with Gasteiger partial charge in [0.1, 0.15) is 17.5 Å². The van der Waals surface area contributed by atoms with E-state index in [4.69, 9.17) is 5.11 Å². The number of nitrogens with zero attached hydrogens (tertiary/aromatic N) is 2. The number of rotatable bonds is 8. The predicted molar refractivity (Wildman–Crippen MR) is 79.6 cm³/mol. The van der Waals surface area contributed by atoms with Gasteiger partial charge in [-0.15, -0.1) is 0 Å². The highest BCUT2D eigenvalue weighted by atomic mass is 16.3. The molecular weight excluding hydrogens is 240 g/mol. The highest BCUT2D eigenvalue weighted by Gasteiger charge is 2.22. The molecule has 0 saturated carbocycles. The zero-order valence-electron chi connectivity index (χ0n) is 12.5. The smallest absolute Gasteiger partial charge is 0.133 e. The minimum absolute atomic E-state index is 0.141. The van der Waals surface area contributed by atoms with E-state index in [0.717, 1.165) is 36.7 Å². The quantitative estimate of drug-likeness (QED) is 0.674. The van der Waals surface area contributed by atoms with Crippen LogP contribution in [-0.4, -0.2) is 34.3 Å². The van der Waals surface area contributed by atoms with Crippen LogP contribution in [0.2, 0.25) is 0 Å². The van der Waals surface area contributed by atoms with Gasteiger partial charge >= 0.3 is 0 Å². The topological polar surface area (TPSA) is 70.1 Å². The lowest BCUT2D eigenvalue weighted by Gasteiger charge is -2.29. The molecule has 1 aromatic rings. The molecule has 0 aliphatic rings. The Balaban J connectivity index is 2.95. The fourth-order valence-corrected chi connectivity index (χ4v) is 1.91. The summed E-state index contributed by atoms with van der Waals surface area (Å²) < 4.78 is 0. The molecule has 3 N–H and O–H groups in total. The van der Waals surface area contributed by atoms with Gasteiger partial charge in [0, 0.05) is 31.7 Å². The van der Waals surface area contributed by atoms with Gasteiger partial charge in [-0.1, -0.05) is 13.8 Å². The van der Waals surface area contributed by atoms with E-state index in [1.54, 1.807) is 0 Å². The Bertz CT molecular complexity index is 397. The second-order valence-corrected chi connectivity index (χ2v) is 5.07. The van der Waals surface area contributed by atoms with Crippen molar-refractivity contribution in [2.24, 2.45) is 0 Å². The van der Waals surface area contributed by atoms with Crippen LogP contribution < -0.4 is 10.6 Å². The van der Waals surface area contributed by atoms with Crippen LogP contribution in [0.25, 0.3) is 0 Å². The van der Waals surface area contributed by atoms with E-state index in [1.807, 2.05) is 13.1 Å². The second-order valence-electron chi connectivity index (χ2n) is 5.07. The number of hydrogen-bond acceptors (Lipinski definition) is 5. The molecule has 19 heavy (non-hydrogen) atoms. The molecule has 0 saturated heterocycles. The minimum atomic E-state index is -0.141. The normalized spacial score (nSPS) is 13.9. The third kappa shape index (κ3) is 4.67. The molecular formula is C14H26N4O. The lowest BCUT2D eigenvalue weighted by atomic mass is 9.95. The number of aryl methyl sites for hydroxylation is 1. The van der Waals surface area contributed by atoms with Crippen LogP contribution in [-0.2, 0) is 6.42 Å². The Kier molecular flexibility index (Phi) is 6.02. The van der Waals surface area contributed by atoms with Gasteiger partial charge in [-0.2, -0.15) is 0 Å². The SMILES string of the molecule is CCCc1nc(NC)cc(NC(C)(CC)CCO)n1. The van der Waals surface area contributed by atoms with Gasteiger partial charge in [0.15, 0.2) is 0 Å². The summed E-state index contributed by atoms with van der Waals surface area (Å²) in [6.45, 7) is 6.49. The van der Waals surface area contributed by atoms with Crippen LogP contribution in [0, 0.1) is 0 Å². The van der Waals surface area contributed by atoms with Crippen molar-refractivity contribution in [2.45, 2.75) is 52.0 Å². The number of aliphatic hydroxyl groups excluding tert-OH is 1. The van der Waals surface area contributed by atoms with Crippen LogP contribution in [0.5, 0.6) is 0 Å². The van der Waals surface area contributed by atoms with Crippen molar-refractivity contribution in [1.82, 2.24) is 9.97 Å². The van der Waals surface area contributed by atoms with Gasteiger partial charge in [-0.25, -0.2) is 9.97 Å². The maximum atomic E-state index is 9.17. The number of anilines is 2. The van der Waals surface area contributed by atoms with E-state index in [-0.39, 0.29) is 12.1 Å². The summed E-state index contributed by atoms with van der Waals surface area (Å²) in [6.07, 6.45) is 3.52. The largest absolute Gasteiger partial charge is 0.396 e. The van der Waals surface area contributed by atoms with E-state index >= 15 is 0 Å². The first-order chi connectivity index (χ1) is 9.06. The zero-order chi connectivity index (χ0) is 14.3. The van der Waals surface area contributed by atoms with E-state index in [0.29, 0.717) is 6.42 Å². The molecule has 0 aliphatic carbocycles. The van der Waals surface area contributed by atoms with Gasteiger partial charge in [0.05, 0.1) is 0 Å². The summed E-state index contributed by atoms with van der Waals surface area (Å²) in [7, 11) is 1.86. The first-order valence-corrected chi connectivity index (χ1v) is 7.01. The highest BCUT2D eigenvalue weighted by molar-refractivity contribution is 5.48. The van der Waals surface area contributed by atoms with Crippen molar-refractivity contribution in [1.29, 1.82) is 0 Å². The van der Waals surface area contributed by atoms with Gasteiger partial charge in [-0.3, -0.25) is 0 Å². The molecule has 1 rings (SSSR count). The van der Waals surface area contributed by atoms with Gasteiger partial charge in [0.2, 0.25) is 0 Å². The third-order valence-corrected chi connectivity index (χ3v) is 3.38. The number of aromatic nitrogens is 2. The summed E-state index contributed by atoms with van der Waals surface area (Å²) in [5, 5.41) is 15.7. The summed E-state index contributed by atoms with van der Waals surface area (Å²) in [5.41, 5.74) is -0.141. The lowest BCUT2D eigenvalue weighted by molar-refractivity contribution is 0.252. The van der Waals surface area contributed by atoms with E-state index in [9.17, 15) is 0 Å². The fraction of sp³-hybridized carbons (Fsp3) is 0.714. The average Bonchev–Trinajstić information content (AvgIpc) is 2.39. The summed E-state index contributed by atoms with van der Waals surface area (Å²) in [4.78, 5) is 8.97. The standard InChI is InChI=1S/C14H26N4O/c1-5-7-11-16-12(15-4)10-13(17-11)18-14(3,6-2)8-9-19/h10,19H,5-9H2,1-4H3,(H2,15,16,17,18). The van der Waals surface area contributed by atoms with Gasteiger partial charge in [-0.05, 0) is 26.2 Å². The molecule has 0 aliphatic heterocycles. The Morgan fingerprint density at radius 1 is 1.26 bits per heavy atom. The highest BCUT2D eigenvalue weighted by Crippen LogP contribution is 2.22. The van der Waals surface area contributed by atoms with Crippen molar-refractivity contribution >= 4 is 11.6 Å². The second kappa shape index (κ2) is 7.28. The Labute approximate surface area is 115 Å². The van der Waals surface area contributed by atoms with Crippen molar-refractivity contribution < 1.29 is 5.11 Å². The summed E-state index contributed by atoms with van der Waals surface area (Å²) in [6, 6.07) is 1.91. The predicted octanol–water partition coefficient (Wildman–Crippen LogP) is 2.43. The molecule has 1 aromatic heterocycles. The van der Waals surface area contributed by atoms with Crippen molar-refractivity contribution in [3.05, 3.63) is 11.9 Å². The van der Waals surface area contributed by atoms with E-state index in [2.05, 4.69) is 41.4 Å². The Morgan fingerprint density at radius 2 is 1.95 bits per heavy atom. The molecule has 0 fully saturated rings. The van der Waals surface area contributed by atoms with E-state index in [1.165, 1.54) is 0 Å². The molecule has 0 spiro atoms. The van der Waals surface area contributed by atoms with Crippen molar-refractivity contribution in [2.75, 3.05) is 24.3 Å². The monoisotopic (exact) mass is 266 g/mol. The molecule has 5 heteroatoms. The van der Waals surface area contributed by atoms with Crippen LogP contribution in [0.4, 0.5) is 11.6 Å². The molecule has 0 amide bonds. The molecule has 5 nitrogen and oxygen atoms in total. The van der Waals surface area contributed by atoms with Crippen LogP contribution in [0.15, 0.2) is 6.07 Å². The van der Waals surface area contributed by atoms with Gasteiger partial charge < -0.3 is 15.7 Å². The number of aliphatic hydroxyl groups is 1. The molecule has 108 valence electrons. The maximum absolute atomic E-state index is 9.17. The molecule has 1 atom stereocenters. The molecule has 1 heterocycles. The van der Waals surface area contributed by atoms with E-state index < -0.39 is 0 Å². The lowest BCUT2D eigenvalue weighted by Crippen LogP contribution is -2.35. The van der Waals surface area contributed by atoms with Crippen molar-refractivity contribution in [3.8, 4) is 0 Å². The first-order valence-electron chi connectivity index (χ1n) is 7.01. The maximum Gasteiger partial charge on any atom is 0.133 e. The number of nitrogens with one attached hydrogen (secondary N) is 2. The summed E-state index contributed by atoms with van der Waals surface area (Å²) in [5.74, 6) is 2.49. The van der Waals surface area contributed by atoms with Crippen LogP contribution in [0.1, 0.15) is 45.9 Å². The van der Waals surface area contributed by atoms with Crippen molar-refractivity contribution in [3.63, 3.8) is 0 Å². The third-order valence-electron chi connectivity index (χ3n) is 3.38. The van der Waals surface area contributed by atoms with Gasteiger partial charge in [0.25, 0.3) is 0 Å². The minimum Gasteiger partial charge on any atom is -0.396 e. The average molecular weight is 266 g/mol. The Hall–Kier alpha value is -1.36. The molecule has 1 unspecified atom stereocenters. The fourth-order valence-electron chi connectivity index (χ4n) is 1.91. The first kappa shape index (κ1) is 15.7.